The molecule has 0 radical (unpaired) electrons. The van der Waals surface area contributed by atoms with Crippen molar-refractivity contribution in [3.8, 4) is 0 Å². The Kier molecular flexibility index (Phi) is 4.55. The molecule has 0 heterocycles. The fourth-order valence-electron chi connectivity index (χ4n) is 1.78. The number of nitrogens with one attached hydrogen (secondary N) is 1. The molecule has 0 saturated carbocycles. The summed E-state index contributed by atoms with van der Waals surface area (Å²) in [6, 6.07) is 10.2. The Bertz CT molecular complexity index is 683. The maximum Gasteiger partial charge on any atom is 0.339 e. The second-order valence-corrected chi connectivity index (χ2v) is 4.50. The number of anilines is 1. The van der Waals surface area contributed by atoms with Crippen LogP contribution in [-0.2, 0) is 4.74 Å². The molecule has 0 unspecified atom stereocenters. The lowest BCUT2D eigenvalue weighted by atomic mass is 10.1. The number of amides is 1. The Balaban J connectivity index is 2.35. The van der Waals surface area contributed by atoms with E-state index in [2.05, 4.69) is 10.1 Å². The summed E-state index contributed by atoms with van der Waals surface area (Å²) in [6.07, 6.45) is 0. The monoisotopic (exact) mass is 307 g/mol. The van der Waals surface area contributed by atoms with E-state index >= 15 is 0 Å². The summed E-state index contributed by atoms with van der Waals surface area (Å²) in [7, 11) is 1.23. The number of benzene rings is 2. The van der Waals surface area contributed by atoms with Gasteiger partial charge in [0.2, 0.25) is 0 Å². The number of esters is 1. The highest BCUT2D eigenvalue weighted by Gasteiger charge is 2.18. The van der Waals surface area contributed by atoms with Gasteiger partial charge < -0.3 is 10.1 Å². The number of para-hydroxylation sites is 1. The van der Waals surface area contributed by atoms with Gasteiger partial charge in [0.15, 0.2) is 0 Å². The van der Waals surface area contributed by atoms with Gasteiger partial charge in [-0.3, -0.25) is 4.79 Å². The molecule has 4 nitrogen and oxygen atoms in total. The number of ether oxygens (including phenoxy) is 1. The van der Waals surface area contributed by atoms with Crippen molar-refractivity contribution < 1.29 is 18.7 Å². The minimum Gasteiger partial charge on any atom is -0.465 e. The van der Waals surface area contributed by atoms with Gasteiger partial charge in [-0.15, -0.1) is 0 Å². The van der Waals surface area contributed by atoms with E-state index < -0.39 is 17.7 Å². The number of hydrogen-bond donors (Lipinski definition) is 1. The first-order chi connectivity index (χ1) is 10.0. The summed E-state index contributed by atoms with van der Waals surface area (Å²) < 4.78 is 18.3. The van der Waals surface area contributed by atoms with E-state index in [0.29, 0.717) is 0 Å². The van der Waals surface area contributed by atoms with Crippen LogP contribution >= 0.6 is 11.6 Å². The van der Waals surface area contributed by atoms with E-state index in [-0.39, 0.29) is 21.8 Å². The Morgan fingerprint density at radius 3 is 2.52 bits per heavy atom. The lowest BCUT2D eigenvalue weighted by molar-refractivity contribution is 0.0602. The van der Waals surface area contributed by atoms with Gasteiger partial charge >= 0.3 is 5.97 Å². The minimum atomic E-state index is -0.741. The number of methoxy groups -OCH3 is 1. The molecule has 2 aromatic rings. The SMILES string of the molecule is COC(=O)c1ccccc1NC(=O)c1c(F)cccc1Cl. The van der Waals surface area contributed by atoms with Crippen LogP contribution in [0.25, 0.3) is 0 Å². The van der Waals surface area contributed by atoms with Crippen molar-refractivity contribution in [2.75, 3.05) is 12.4 Å². The molecule has 2 aromatic carbocycles. The van der Waals surface area contributed by atoms with Crippen molar-refractivity contribution in [3.63, 3.8) is 0 Å². The third-order valence-electron chi connectivity index (χ3n) is 2.77. The average Bonchev–Trinajstić information content (AvgIpc) is 2.47. The Morgan fingerprint density at radius 2 is 1.86 bits per heavy atom. The molecule has 2 rings (SSSR count). The zero-order valence-corrected chi connectivity index (χ0v) is 11.8. The van der Waals surface area contributed by atoms with E-state index in [4.69, 9.17) is 11.6 Å². The zero-order chi connectivity index (χ0) is 15.4. The predicted molar refractivity (Wildman–Crippen MR) is 77.1 cm³/mol. The van der Waals surface area contributed by atoms with E-state index in [1.807, 2.05) is 0 Å². The molecule has 21 heavy (non-hydrogen) atoms. The van der Waals surface area contributed by atoms with Crippen LogP contribution in [0.2, 0.25) is 5.02 Å². The van der Waals surface area contributed by atoms with Crippen molar-refractivity contribution in [1.82, 2.24) is 0 Å². The predicted octanol–water partition coefficient (Wildman–Crippen LogP) is 3.52. The Hall–Kier alpha value is -2.40. The molecule has 6 heteroatoms. The van der Waals surface area contributed by atoms with E-state index in [1.54, 1.807) is 12.1 Å². The van der Waals surface area contributed by atoms with Gasteiger partial charge in [0.05, 0.1) is 28.9 Å². The number of carbonyl (C=O) groups excluding carboxylic acids is 2. The summed E-state index contributed by atoms with van der Waals surface area (Å²) >= 11 is 5.83. The molecule has 1 N–H and O–H groups in total. The van der Waals surface area contributed by atoms with Gasteiger partial charge in [-0.25, -0.2) is 9.18 Å². The van der Waals surface area contributed by atoms with Crippen molar-refractivity contribution in [2.45, 2.75) is 0 Å². The number of rotatable bonds is 3. The maximum atomic E-state index is 13.7. The van der Waals surface area contributed by atoms with Crippen LogP contribution in [0.1, 0.15) is 20.7 Å². The third kappa shape index (κ3) is 3.20. The van der Waals surface area contributed by atoms with Gasteiger partial charge in [-0.2, -0.15) is 0 Å². The van der Waals surface area contributed by atoms with Crippen LogP contribution in [0, 0.1) is 5.82 Å². The highest BCUT2D eigenvalue weighted by Crippen LogP contribution is 2.22. The second kappa shape index (κ2) is 6.37. The fraction of sp³-hybridized carbons (Fsp3) is 0.0667. The topological polar surface area (TPSA) is 55.4 Å². The van der Waals surface area contributed by atoms with Crippen molar-refractivity contribution in [2.24, 2.45) is 0 Å². The van der Waals surface area contributed by atoms with Gasteiger partial charge in [-0.1, -0.05) is 29.8 Å². The third-order valence-corrected chi connectivity index (χ3v) is 3.09. The summed E-state index contributed by atoms with van der Waals surface area (Å²) in [5.41, 5.74) is 0.105. The summed E-state index contributed by atoms with van der Waals surface area (Å²) in [5.74, 6) is -2.09. The first kappa shape index (κ1) is 15.0. The molecule has 0 saturated heterocycles. The van der Waals surface area contributed by atoms with E-state index in [0.717, 1.165) is 6.07 Å². The average molecular weight is 308 g/mol. The largest absolute Gasteiger partial charge is 0.465 e. The second-order valence-electron chi connectivity index (χ2n) is 4.09. The lowest BCUT2D eigenvalue weighted by Gasteiger charge is -2.10. The van der Waals surface area contributed by atoms with Crippen LogP contribution in [0.4, 0.5) is 10.1 Å². The number of hydrogen-bond acceptors (Lipinski definition) is 3. The van der Waals surface area contributed by atoms with Gasteiger partial charge in [0, 0.05) is 0 Å². The standard InChI is InChI=1S/C15H11ClFNO3/c1-21-15(20)9-5-2-3-8-12(9)18-14(19)13-10(16)6-4-7-11(13)17/h2-8H,1H3,(H,18,19). The Morgan fingerprint density at radius 1 is 1.14 bits per heavy atom. The highest BCUT2D eigenvalue weighted by atomic mass is 35.5. The van der Waals surface area contributed by atoms with Crippen LogP contribution in [-0.4, -0.2) is 19.0 Å². The van der Waals surface area contributed by atoms with Gasteiger partial charge in [0.1, 0.15) is 5.82 Å². The van der Waals surface area contributed by atoms with Gasteiger partial charge in [-0.05, 0) is 24.3 Å². The molecular formula is C15H11ClFNO3. The van der Waals surface area contributed by atoms with Gasteiger partial charge in [0.25, 0.3) is 5.91 Å². The minimum absolute atomic E-state index is 0.0111. The molecular weight excluding hydrogens is 297 g/mol. The molecule has 0 fully saturated rings. The molecule has 0 spiro atoms. The van der Waals surface area contributed by atoms with Crippen LogP contribution < -0.4 is 5.32 Å². The first-order valence-corrected chi connectivity index (χ1v) is 6.35. The highest BCUT2D eigenvalue weighted by molar-refractivity contribution is 6.34. The molecule has 0 bridgehead atoms. The lowest BCUT2D eigenvalue weighted by Crippen LogP contribution is -2.17. The van der Waals surface area contributed by atoms with Crippen LogP contribution in [0.15, 0.2) is 42.5 Å². The summed E-state index contributed by atoms with van der Waals surface area (Å²) in [6.45, 7) is 0. The van der Waals surface area contributed by atoms with Crippen LogP contribution in [0.3, 0.4) is 0 Å². The normalized spacial score (nSPS) is 10.0. The molecule has 0 aliphatic heterocycles. The molecule has 1 amide bonds. The fourth-order valence-corrected chi connectivity index (χ4v) is 2.03. The van der Waals surface area contributed by atoms with E-state index in [1.165, 1.54) is 31.4 Å². The molecule has 108 valence electrons. The molecule has 0 aliphatic rings. The zero-order valence-electron chi connectivity index (χ0n) is 11.0. The smallest absolute Gasteiger partial charge is 0.339 e. The molecule has 0 atom stereocenters. The molecule has 0 aliphatic carbocycles. The number of carbonyl (C=O) groups is 2. The van der Waals surface area contributed by atoms with E-state index in [9.17, 15) is 14.0 Å². The van der Waals surface area contributed by atoms with Crippen molar-refractivity contribution >= 4 is 29.2 Å². The summed E-state index contributed by atoms with van der Waals surface area (Å²) in [4.78, 5) is 23.7. The molecule has 0 aromatic heterocycles. The first-order valence-electron chi connectivity index (χ1n) is 5.97. The van der Waals surface area contributed by atoms with Crippen molar-refractivity contribution in [3.05, 3.63) is 64.4 Å². The quantitative estimate of drug-likeness (QED) is 0.883. The summed E-state index contributed by atoms with van der Waals surface area (Å²) in [5, 5.41) is 2.45. The maximum absolute atomic E-state index is 13.7. The van der Waals surface area contributed by atoms with Crippen LogP contribution in [0.5, 0.6) is 0 Å². The Labute approximate surface area is 125 Å². The van der Waals surface area contributed by atoms with Crippen molar-refractivity contribution in [1.29, 1.82) is 0 Å². The number of halogens is 2.